The van der Waals surface area contributed by atoms with Gasteiger partial charge in [-0.25, -0.2) is 4.79 Å². The van der Waals surface area contributed by atoms with Gasteiger partial charge in [-0.15, -0.1) is 0 Å². The number of ether oxygens (including phenoxy) is 1. The summed E-state index contributed by atoms with van der Waals surface area (Å²) in [7, 11) is 0. The Morgan fingerprint density at radius 3 is 2.92 bits per heavy atom. The van der Waals surface area contributed by atoms with Crippen LogP contribution in [0.1, 0.15) is 44.7 Å². The Morgan fingerprint density at radius 2 is 2.12 bits per heavy atom. The van der Waals surface area contributed by atoms with Crippen LogP contribution in [0.4, 0.5) is 0 Å². The van der Waals surface area contributed by atoms with Crippen LogP contribution in [-0.4, -0.2) is 17.1 Å². The molecule has 0 aromatic carbocycles. The van der Waals surface area contributed by atoms with Crippen LogP contribution in [0, 0.1) is 17.8 Å². The lowest BCUT2D eigenvalue weighted by Gasteiger charge is -2.40. The van der Waals surface area contributed by atoms with Gasteiger partial charge in [-0.2, -0.15) is 0 Å². The second kappa shape index (κ2) is 6.47. The highest BCUT2D eigenvalue weighted by atomic mass is 79.9. The van der Waals surface area contributed by atoms with Crippen molar-refractivity contribution < 1.29 is 9.53 Å². The van der Waals surface area contributed by atoms with E-state index in [1.807, 2.05) is 25.3 Å². The largest absolute Gasteiger partial charge is 0.455 e. The average Bonchev–Trinajstić information content (AvgIpc) is 2.87. The second-order valence-corrected chi connectivity index (χ2v) is 8.10. The lowest BCUT2D eigenvalue weighted by atomic mass is 9.63. The van der Waals surface area contributed by atoms with Crippen molar-refractivity contribution in [2.24, 2.45) is 17.8 Å². The monoisotopic (exact) mass is 387 g/mol. The molecule has 1 aromatic heterocycles. The van der Waals surface area contributed by atoms with Gasteiger partial charge in [-0.05, 0) is 77.7 Å². The SMILES string of the molecule is C[C@H]1OC(=O)C2=C1[C@@H](/C=C/c1ccc(Br)cn1)[C@@H]1CCCC[C@H]1C2. The van der Waals surface area contributed by atoms with Gasteiger partial charge in [-0.1, -0.05) is 18.9 Å². The van der Waals surface area contributed by atoms with E-state index < -0.39 is 0 Å². The number of carbonyl (C=O) groups is 1. The molecule has 2 heterocycles. The molecule has 0 radical (unpaired) electrons. The first-order chi connectivity index (χ1) is 11.6. The predicted octanol–water partition coefficient (Wildman–Crippen LogP) is 4.93. The minimum absolute atomic E-state index is 0.0806. The molecule has 4 atom stereocenters. The van der Waals surface area contributed by atoms with Crippen molar-refractivity contribution in [3.63, 3.8) is 0 Å². The summed E-state index contributed by atoms with van der Waals surface area (Å²) in [6.07, 6.45) is 12.1. The first kappa shape index (κ1) is 16.1. The summed E-state index contributed by atoms with van der Waals surface area (Å²) < 4.78 is 6.53. The third kappa shape index (κ3) is 2.85. The summed E-state index contributed by atoms with van der Waals surface area (Å²) in [6.45, 7) is 2.02. The van der Waals surface area contributed by atoms with Crippen LogP contribution in [0.5, 0.6) is 0 Å². The summed E-state index contributed by atoms with van der Waals surface area (Å²) in [5, 5.41) is 0. The van der Waals surface area contributed by atoms with Gasteiger partial charge in [0.25, 0.3) is 0 Å². The Kier molecular flexibility index (Phi) is 4.33. The summed E-state index contributed by atoms with van der Waals surface area (Å²) in [5.41, 5.74) is 3.15. The minimum Gasteiger partial charge on any atom is -0.455 e. The van der Waals surface area contributed by atoms with E-state index in [2.05, 4.69) is 33.1 Å². The molecule has 3 aliphatic rings. The van der Waals surface area contributed by atoms with Gasteiger partial charge in [0.15, 0.2) is 0 Å². The number of rotatable bonds is 2. The molecule has 24 heavy (non-hydrogen) atoms. The van der Waals surface area contributed by atoms with Gasteiger partial charge in [0.2, 0.25) is 0 Å². The number of pyridine rings is 1. The Morgan fingerprint density at radius 1 is 1.29 bits per heavy atom. The highest BCUT2D eigenvalue weighted by molar-refractivity contribution is 9.10. The number of allylic oxidation sites excluding steroid dienone is 1. The number of fused-ring (bicyclic) bond motifs is 1. The van der Waals surface area contributed by atoms with Crippen molar-refractivity contribution in [3.8, 4) is 0 Å². The number of hydrogen-bond donors (Lipinski definition) is 0. The van der Waals surface area contributed by atoms with E-state index in [0.29, 0.717) is 17.8 Å². The van der Waals surface area contributed by atoms with E-state index in [1.54, 1.807) is 0 Å². The Hall–Kier alpha value is -1.42. The molecule has 4 heteroatoms. The molecule has 126 valence electrons. The number of carbonyl (C=O) groups excluding carboxylic acids is 1. The van der Waals surface area contributed by atoms with Crippen molar-refractivity contribution in [2.45, 2.75) is 45.1 Å². The molecular formula is C20H22BrNO2. The minimum atomic E-state index is -0.0818. The molecule has 4 rings (SSSR count). The van der Waals surface area contributed by atoms with Crippen molar-refractivity contribution in [3.05, 3.63) is 45.7 Å². The fourth-order valence-electron chi connectivity index (χ4n) is 4.72. The van der Waals surface area contributed by atoms with Gasteiger partial charge in [0.05, 0.1) is 5.69 Å². The zero-order valence-electron chi connectivity index (χ0n) is 13.9. The fourth-order valence-corrected chi connectivity index (χ4v) is 4.96. The zero-order chi connectivity index (χ0) is 16.7. The Labute approximate surface area is 151 Å². The van der Waals surface area contributed by atoms with Crippen molar-refractivity contribution in [1.29, 1.82) is 0 Å². The molecule has 0 N–H and O–H groups in total. The molecule has 0 spiro atoms. The van der Waals surface area contributed by atoms with Crippen LogP contribution in [0.2, 0.25) is 0 Å². The van der Waals surface area contributed by atoms with Gasteiger partial charge in [0, 0.05) is 22.2 Å². The van der Waals surface area contributed by atoms with Crippen LogP contribution in [0.25, 0.3) is 6.08 Å². The summed E-state index contributed by atoms with van der Waals surface area (Å²) in [5.74, 6) is 1.50. The van der Waals surface area contributed by atoms with E-state index in [0.717, 1.165) is 22.2 Å². The highest BCUT2D eigenvalue weighted by Gasteiger charge is 2.45. The van der Waals surface area contributed by atoms with Crippen LogP contribution in [0.15, 0.2) is 40.0 Å². The highest BCUT2D eigenvalue weighted by Crippen LogP contribution is 2.50. The summed E-state index contributed by atoms with van der Waals surface area (Å²) in [6, 6.07) is 4.02. The van der Waals surface area contributed by atoms with Gasteiger partial charge in [0.1, 0.15) is 6.10 Å². The standard InChI is InChI=1S/C20H22BrNO2/c1-12-19-17(9-8-15-7-6-14(21)11-22-15)16-5-3-2-4-13(16)10-18(19)20(23)24-12/h6-9,11-13,16-17H,2-5,10H2,1H3/b9-8+/t12-,13+,16-,17+/m1/s1. The van der Waals surface area contributed by atoms with Crippen molar-refractivity contribution in [2.75, 3.05) is 0 Å². The van der Waals surface area contributed by atoms with E-state index in [4.69, 9.17) is 4.74 Å². The quantitative estimate of drug-likeness (QED) is 0.675. The van der Waals surface area contributed by atoms with Crippen molar-refractivity contribution >= 4 is 28.0 Å². The Bertz CT molecular complexity index is 707. The molecule has 1 fully saturated rings. The Balaban J connectivity index is 1.69. The number of aromatic nitrogens is 1. The summed E-state index contributed by atoms with van der Waals surface area (Å²) in [4.78, 5) is 16.7. The normalized spacial score (nSPS) is 32.7. The van der Waals surface area contributed by atoms with E-state index in [1.165, 1.54) is 31.3 Å². The van der Waals surface area contributed by atoms with E-state index >= 15 is 0 Å². The molecule has 1 saturated carbocycles. The van der Waals surface area contributed by atoms with Crippen LogP contribution < -0.4 is 0 Å². The maximum Gasteiger partial charge on any atom is 0.334 e. The average molecular weight is 388 g/mol. The van der Waals surface area contributed by atoms with Crippen LogP contribution >= 0.6 is 15.9 Å². The topological polar surface area (TPSA) is 39.2 Å². The number of halogens is 1. The van der Waals surface area contributed by atoms with Gasteiger partial charge >= 0.3 is 5.97 Å². The molecule has 0 saturated heterocycles. The maximum atomic E-state index is 12.2. The molecule has 0 bridgehead atoms. The molecule has 1 aromatic rings. The number of esters is 1. The molecule has 3 nitrogen and oxygen atoms in total. The number of cyclic esters (lactones) is 1. The lowest BCUT2D eigenvalue weighted by Crippen LogP contribution is -2.33. The number of hydrogen-bond acceptors (Lipinski definition) is 3. The van der Waals surface area contributed by atoms with Gasteiger partial charge in [-0.3, -0.25) is 4.98 Å². The van der Waals surface area contributed by atoms with Crippen LogP contribution in [-0.2, 0) is 9.53 Å². The molecular weight excluding hydrogens is 366 g/mol. The third-order valence-corrected chi connectivity index (χ3v) is 6.26. The predicted molar refractivity (Wildman–Crippen MR) is 97.1 cm³/mol. The smallest absolute Gasteiger partial charge is 0.334 e. The first-order valence-corrected chi connectivity index (χ1v) is 9.66. The van der Waals surface area contributed by atoms with Gasteiger partial charge < -0.3 is 4.74 Å². The summed E-state index contributed by atoms with van der Waals surface area (Å²) >= 11 is 3.42. The third-order valence-electron chi connectivity index (χ3n) is 5.80. The van der Waals surface area contributed by atoms with E-state index in [-0.39, 0.29) is 12.1 Å². The fraction of sp³-hybridized carbons (Fsp3) is 0.500. The molecule has 2 aliphatic carbocycles. The lowest BCUT2D eigenvalue weighted by molar-refractivity contribution is -0.139. The zero-order valence-corrected chi connectivity index (χ0v) is 15.5. The van der Waals surface area contributed by atoms with Crippen molar-refractivity contribution in [1.82, 2.24) is 4.98 Å². The number of nitrogens with zero attached hydrogens (tertiary/aromatic N) is 1. The second-order valence-electron chi connectivity index (χ2n) is 7.18. The molecule has 0 amide bonds. The van der Waals surface area contributed by atoms with E-state index in [9.17, 15) is 4.79 Å². The molecule has 0 unspecified atom stereocenters. The molecule has 1 aliphatic heterocycles. The van der Waals surface area contributed by atoms with Crippen LogP contribution in [0.3, 0.4) is 0 Å². The maximum absolute atomic E-state index is 12.2. The first-order valence-electron chi connectivity index (χ1n) is 8.87.